The molecule has 1 unspecified atom stereocenters. The Hall–Kier alpha value is -0.270. The number of halogens is 1. The zero-order valence-electron chi connectivity index (χ0n) is 8.23. The van der Waals surface area contributed by atoms with Crippen LogP contribution in [0.15, 0.2) is 0 Å². The van der Waals surface area contributed by atoms with E-state index < -0.39 is 0 Å². The highest BCUT2D eigenvalue weighted by Gasteiger charge is 2.20. The molecule has 1 aromatic rings. The Morgan fingerprint density at radius 2 is 2.53 bits per heavy atom. The summed E-state index contributed by atoms with van der Waals surface area (Å²) in [7, 11) is 0. The van der Waals surface area contributed by atoms with Crippen LogP contribution in [0.3, 0.4) is 0 Å². The summed E-state index contributed by atoms with van der Waals surface area (Å²) in [6.45, 7) is 3.74. The number of nitrogens with zero attached hydrogens (tertiary/aromatic N) is 3. The normalized spacial score (nSPS) is 23.2. The van der Waals surface area contributed by atoms with E-state index in [1.165, 1.54) is 11.5 Å². The molecular formula is C8H13ClN4OS. The maximum atomic E-state index is 5.94. The van der Waals surface area contributed by atoms with Crippen LogP contribution in [0.4, 0.5) is 0 Å². The first-order valence-electron chi connectivity index (χ1n) is 4.80. The van der Waals surface area contributed by atoms with E-state index in [1.54, 1.807) is 0 Å². The Bertz CT molecular complexity index is 321. The van der Waals surface area contributed by atoms with E-state index in [9.17, 15) is 0 Å². The summed E-state index contributed by atoms with van der Waals surface area (Å²) in [5, 5.41) is 3.98. The van der Waals surface area contributed by atoms with Crippen LogP contribution in [0.25, 0.3) is 0 Å². The maximum Gasteiger partial charge on any atom is 0.138 e. The van der Waals surface area contributed by atoms with E-state index in [2.05, 4.69) is 14.5 Å². The fourth-order valence-corrected chi connectivity index (χ4v) is 2.18. The first-order chi connectivity index (χ1) is 7.29. The molecule has 0 spiro atoms. The smallest absolute Gasteiger partial charge is 0.138 e. The highest BCUT2D eigenvalue weighted by Crippen LogP contribution is 2.19. The van der Waals surface area contributed by atoms with Gasteiger partial charge >= 0.3 is 0 Å². The van der Waals surface area contributed by atoms with Crippen molar-refractivity contribution in [2.75, 3.05) is 26.2 Å². The number of hydrogen-bond acceptors (Lipinski definition) is 6. The molecule has 1 saturated heterocycles. The lowest BCUT2D eigenvalue weighted by molar-refractivity contribution is -0.0264. The van der Waals surface area contributed by atoms with Gasteiger partial charge in [0.15, 0.2) is 0 Å². The molecular weight excluding hydrogens is 236 g/mol. The molecule has 1 aliphatic rings. The largest absolute Gasteiger partial charge is 0.374 e. The Labute approximate surface area is 97.3 Å². The van der Waals surface area contributed by atoms with Gasteiger partial charge in [0.2, 0.25) is 0 Å². The van der Waals surface area contributed by atoms with Crippen LogP contribution < -0.4 is 5.73 Å². The molecule has 2 N–H and O–H groups in total. The number of rotatable bonds is 3. The van der Waals surface area contributed by atoms with Gasteiger partial charge in [-0.2, -0.15) is 0 Å². The molecule has 0 saturated carbocycles. The number of hydrogen-bond donors (Lipinski definition) is 1. The molecule has 2 heterocycles. The highest BCUT2D eigenvalue weighted by atomic mass is 35.5. The van der Waals surface area contributed by atoms with Gasteiger partial charge in [-0.15, -0.1) is 5.10 Å². The zero-order valence-corrected chi connectivity index (χ0v) is 9.80. The van der Waals surface area contributed by atoms with Crippen molar-refractivity contribution in [2.24, 2.45) is 5.73 Å². The van der Waals surface area contributed by atoms with Gasteiger partial charge in [0, 0.05) is 37.7 Å². The predicted octanol–water partition coefficient (Wildman–Crippen LogP) is 0.351. The van der Waals surface area contributed by atoms with Gasteiger partial charge in [0.1, 0.15) is 10.0 Å². The van der Waals surface area contributed by atoms with Crippen LogP contribution >= 0.6 is 23.1 Å². The monoisotopic (exact) mass is 248 g/mol. The minimum Gasteiger partial charge on any atom is -0.374 e. The number of aromatic nitrogens is 2. The third-order valence-electron chi connectivity index (χ3n) is 2.37. The minimum atomic E-state index is 0.129. The van der Waals surface area contributed by atoms with Crippen molar-refractivity contribution in [3.8, 4) is 0 Å². The average molecular weight is 249 g/mol. The maximum absolute atomic E-state index is 5.94. The summed E-state index contributed by atoms with van der Waals surface area (Å²) in [5.41, 5.74) is 6.41. The van der Waals surface area contributed by atoms with Gasteiger partial charge in [-0.3, -0.25) is 4.90 Å². The van der Waals surface area contributed by atoms with Crippen molar-refractivity contribution in [2.45, 2.75) is 12.6 Å². The van der Waals surface area contributed by atoms with Crippen molar-refractivity contribution in [3.05, 3.63) is 10.0 Å². The standard InChI is InChI=1S/C8H13ClN4OS/c9-8-7(11-12-15-8)5-13-1-2-14-6(3-10)4-13/h6H,1-5,10H2. The molecule has 1 aliphatic heterocycles. The molecule has 5 nitrogen and oxygen atoms in total. The van der Waals surface area contributed by atoms with E-state index in [0.717, 1.165) is 31.9 Å². The topological polar surface area (TPSA) is 64.3 Å². The third kappa shape index (κ3) is 2.85. The van der Waals surface area contributed by atoms with Gasteiger partial charge in [0.25, 0.3) is 0 Å². The first kappa shape index (κ1) is 11.2. The fraction of sp³-hybridized carbons (Fsp3) is 0.750. The quantitative estimate of drug-likeness (QED) is 0.836. The second kappa shape index (κ2) is 5.18. The lowest BCUT2D eigenvalue weighted by Crippen LogP contribution is -2.45. The molecule has 0 aliphatic carbocycles. The summed E-state index contributed by atoms with van der Waals surface area (Å²) >= 11 is 7.16. The fourth-order valence-electron chi connectivity index (χ4n) is 1.57. The number of nitrogens with two attached hydrogens (primary N) is 1. The summed E-state index contributed by atoms with van der Waals surface area (Å²) in [6, 6.07) is 0. The van der Waals surface area contributed by atoms with E-state index in [0.29, 0.717) is 10.9 Å². The first-order valence-corrected chi connectivity index (χ1v) is 5.95. The van der Waals surface area contributed by atoms with Crippen LogP contribution in [0.5, 0.6) is 0 Å². The van der Waals surface area contributed by atoms with Gasteiger partial charge in [0.05, 0.1) is 12.7 Å². The molecule has 2 rings (SSSR count). The average Bonchev–Trinajstić information content (AvgIpc) is 2.65. The molecule has 15 heavy (non-hydrogen) atoms. The second-order valence-electron chi connectivity index (χ2n) is 3.46. The van der Waals surface area contributed by atoms with Gasteiger partial charge in [-0.05, 0) is 0 Å². The molecule has 0 amide bonds. The summed E-state index contributed by atoms with van der Waals surface area (Å²) in [5.74, 6) is 0. The van der Waals surface area contributed by atoms with Crippen LogP contribution in [0, 0.1) is 0 Å². The Balaban J connectivity index is 1.92. The van der Waals surface area contributed by atoms with E-state index in [1.807, 2.05) is 0 Å². The molecule has 1 aromatic heterocycles. The molecule has 1 fully saturated rings. The second-order valence-corrected chi connectivity index (χ2v) is 4.81. The van der Waals surface area contributed by atoms with Crippen LogP contribution in [0.1, 0.15) is 5.69 Å². The van der Waals surface area contributed by atoms with Crippen molar-refractivity contribution in [1.82, 2.24) is 14.5 Å². The number of ether oxygens (including phenoxy) is 1. The summed E-state index contributed by atoms with van der Waals surface area (Å²) in [6.07, 6.45) is 0.129. The molecule has 0 bridgehead atoms. The van der Waals surface area contributed by atoms with E-state index in [-0.39, 0.29) is 6.10 Å². The lowest BCUT2D eigenvalue weighted by Gasteiger charge is -2.31. The van der Waals surface area contributed by atoms with Crippen molar-refractivity contribution >= 4 is 23.1 Å². The third-order valence-corrected chi connectivity index (χ3v) is 3.35. The molecule has 1 atom stereocenters. The predicted molar refractivity (Wildman–Crippen MR) is 59.0 cm³/mol. The highest BCUT2D eigenvalue weighted by molar-refractivity contribution is 7.10. The van der Waals surface area contributed by atoms with Gasteiger partial charge < -0.3 is 10.5 Å². The summed E-state index contributed by atoms with van der Waals surface area (Å²) < 4.78 is 9.95. The van der Waals surface area contributed by atoms with Crippen molar-refractivity contribution in [1.29, 1.82) is 0 Å². The van der Waals surface area contributed by atoms with Crippen LogP contribution in [0.2, 0.25) is 4.34 Å². The Morgan fingerprint density at radius 3 is 3.20 bits per heavy atom. The lowest BCUT2D eigenvalue weighted by atomic mass is 10.2. The van der Waals surface area contributed by atoms with Gasteiger partial charge in [-0.1, -0.05) is 16.1 Å². The zero-order chi connectivity index (χ0) is 10.7. The van der Waals surface area contributed by atoms with E-state index in [4.69, 9.17) is 22.1 Å². The van der Waals surface area contributed by atoms with Crippen molar-refractivity contribution in [3.63, 3.8) is 0 Å². The minimum absolute atomic E-state index is 0.129. The van der Waals surface area contributed by atoms with Crippen LogP contribution in [-0.4, -0.2) is 46.8 Å². The molecule has 0 radical (unpaired) electrons. The molecule has 84 valence electrons. The van der Waals surface area contributed by atoms with Crippen molar-refractivity contribution < 1.29 is 4.74 Å². The Kier molecular flexibility index (Phi) is 3.87. The molecule has 0 aromatic carbocycles. The van der Waals surface area contributed by atoms with Gasteiger partial charge in [-0.25, -0.2) is 0 Å². The summed E-state index contributed by atoms with van der Waals surface area (Å²) in [4.78, 5) is 2.24. The SMILES string of the molecule is NCC1CN(Cc2nnsc2Cl)CCO1. The van der Waals surface area contributed by atoms with Crippen LogP contribution in [-0.2, 0) is 11.3 Å². The molecule has 7 heteroatoms. The van der Waals surface area contributed by atoms with E-state index >= 15 is 0 Å². The number of morpholine rings is 1. The Morgan fingerprint density at radius 1 is 1.67 bits per heavy atom.